The summed E-state index contributed by atoms with van der Waals surface area (Å²) in [4.78, 5) is 12.3. The molecule has 1 atom stereocenters. The fourth-order valence-corrected chi connectivity index (χ4v) is 3.43. The lowest BCUT2D eigenvalue weighted by atomic mass is 10.0. The quantitative estimate of drug-likeness (QED) is 0.778. The third-order valence-corrected chi connectivity index (χ3v) is 4.58. The van der Waals surface area contributed by atoms with Gasteiger partial charge in [-0.15, -0.1) is 0 Å². The van der Waals surface area contributed by atoms with E-state index in [1.807, 2.05) is 41.2 Å². The van der Waals surface area contributed by atoms with Crippen LogP contribution in [-0.2, 0) is 4.79 Å². The second kappa shape index (κ2) is 5.70. The van der Waals surface area contributed by atoms with Crippen molar-refractivity contribution in [3.8, 4) is 0 Å². The van der Waals surface area contributed by atoms with Gasteiger partial charge in [-0.25, -0.2) is 0 Å². The molecular weight excluding hydrogens is 290 g/mol. The van der Waals surface area contributed by atoms with Crippen LogP contribution >= 0.6 is 22.9 Å². The number of thiophene rings is 1. The third kappa shape index (κ3) is 2.58. The number of aromatic nitrogens is 1. The molecule has 0 bridgehead atoms. The molecule has 0 aliphatic heterocycles. The summed E-state index contributed by atoms with van der Waals surface area (Å²) >= 11 is 2.98. The summed E-state index contributed by atoms with van der Waals surface area (Å²) in [6, 6.07) is 7.71. The van der Waals surface area contributed by atoms with Crippen LogP contribution in [0, 0.1) is 0 Å². The predicted molar refractivity (Wildman–Crippen MR) is 84.4 cm³/mol. The van der Waals surface area contributed by atoms with Gasteiger partial charge in [0, 0.05) is 23.8 Å². The molecule has 4 nitrogen and oxygen atoms in total. The Labute approximate surface area is 124 Å². The van der Waals surface area contributed by atoms with Crippen LogP contribution in [0.1, 0.15) is 11.5 Å². The first-order valence-corrected chi connectivity index (χ1v) is 7.87. The molecule has 0 radical (unpaired) electrons. The largest absolute Gasteiger partial charge is 0.329 e. The molecule has 3 aromatic rings. The number of hydrogen-bond donors (Lipinski definition) is 2. The van der Waals surface area contributed by atoms with Gasteiger partial charge in [0.05, 0.1) is 10.6 Å². The zero-order valence-electron chi connectivity index (χ0n) is 10.6. The van der Waals surface area contributed by atoms with E-state index in [0.29, 0.717) is 6.54 Å². The van der Waals surface area contributed by atoms with E-state index in [-0.39, 0.29) is 11.8 Å². The maximum atomic E-state index is 12.3. The number of anilines is 1. The molecule has 1 unspecified atom stereocenters. The second-order valence-electron chi connectivity index (χ2n) is 4.41. The standard InChI is InChI=1S/C14H13N3OS2/c15-6-12(10-3-4-19-8-10)14(18)17-11-2-1-9-7-16-20-13(9)5-11/h1-5,7-8,12H,6,15H2,(H,17,18). The SMILES string of the molecule is NCC(C(=O)Nc1ccc2cnsc2c1)c1ccsc1. The molecule has 0 saturated heterocycles. The summed E-state index contributed by atoms with van der Waals surface area (Å²) in [7, 11) is 0. The van der Waals surface area contributed by atoms with Gasteiger partial charge >= 0.3 is 0 Å². The van der Waals surface area contributed by atoms with Gasteiger partial charge in [-0.1, -0.05) is 0 Å². The molecular formula is C14H13N3OS2. The smallest absolute Gasteiger partial charge is 0.233 e. The van der Waals surface area contributed by atoms with Gasteiger partial charge in [0.15, 0.2) is 0 Å². The predicted octanol–water partition coefficient (Wildman–Crippen LogP) is 3.04. The molecule has 0 spiro atoms. The van der Waals surface area contributed by atoms with Crippen LogP contribution in [0.4, 0.5) is 5.69 Å². The Morgan fingerprint density at radius 2 is 2.30 bits per heavy atom. The number of carbonyl (C=O) groups is 1. The van der Waals surface area contributed by atoms with Crippen molar-refractivity contribution in [3.05, 3.63) is 46.8 Å². The number of nitrogens with one attached hydrogen (secondary N) is 1. The van der Waals surface area contributed by atoms with E-state index in [1.165, 1.54) is 11.5 Å². The number of nitrogens with zero attached hydrogens (tertiary/aromatic N) is 1. The minimum Gasteiger partial charge on any atom is -0.329 e. The van der Waals surface area contributed by atoms with Crippen LogP contribution in [0.5, 0.6) is 0 Å². The Morgan fingerprint density at radius 3 is 3.05 bits per heavy atom. The molecule has 6 heteroatoms. The zero-order chi connectivity index (χ0) is 13.9. The highest BCUT2D eigenvalue weighted by Gasteiger charge is 2.19. The number of rotatable bonds is 4. The van der Waals surface area contributed by atoms with E-state index in [4.69, 9.17) is 5.73 Å². The Kier molecular flexibility index (Phi) is 3.77. The zero-order valence-corrected chi connectivity index (χ0v) is 12.2. The lowest BCUT2D eigenvalue weighted by Gasteiger charge is -2.13. The van der Waals surface area contributed by atoms with Crippen molar-refractivity contribution in [2.45, 2.75) is 5.92 Å². The number of benzene rings is 1. The highest BCUT2D eigenvalue weighted by Crippen LogP contribution is 2.24. The Hall–Kier alpha value is -1.76. The first-order chi connectivity index (χ1) is 9.78. The first kappa shape index (κ1) is 13.2. The molecule has 1 aromatic carbocycles. The number of amides is 1. The van der Waals surface area contributed by atoms with Gasteiger partial charge in [0.2, 0.25) is 5.91 Å². The van der Waals surface area contributed by atoms with Crippen molar-refractivity contribution in [1.29, 1.82) is 0 Å². The van der Waals surface area contributed by atoms with Gasteiger partial charge in [0.1, 0.15) is 0 Å². The molecule has 20 heavy (non-hydrogen) atoms. The van der Waals surface area contributed by atoms with Crippen LogP contribution in [-0.4, -0.2) is 16.8 Å². The third-order valence-electron chi connectivity index (χ3n) is 3.12. The number of carbonyl (C=O) groups excluding carboxylic acids is 1. The van der Waals surface area contributed by atoms with Gasteiger partial charge in [0.25, 0.3) is 0 Å². The average molecular weight is 303 g/mol. The highest BCUT2D eigenvalue weighted by molar-refractivity contribution is 7.13. The maximum absolute atomic E-state index is 12.3. The van der Waals surface area contributed by atoms with Crippen LogP contribution in [0.2, 0.25) is 0 Å². The number of hydrogen-bond acceptors (Lipinski definition) is 5. The van der Waals surface area contributed by atoms with E-state index in [2.05, 4.69) is 9.69 Å². The first-order valence-electron chi connectivity index (χ1n) is 6.15. The van der Waals surface area contributed by atoms with Crippen LogP contribution in [0.25, 0.3) is 10.1 Å². The Balaban J connectivity index is 1.80. The molecule has 3 N–H and O–H groups in total. The summed E-state index contributed by atoms with van der Waals surface area (Å²) in [6.45, 7) is 0.297. The van der Waals surface area contributed by atoms with Crippen LogP contribution in [0.15, 0.2) is 41.2 Å². The Morgan fingerprint density at radius 1 is 1.40 bits per heavy atom. The van der Waals surface area contributed by atoms with Crippen molar-refractivity contribution >= 4 is 44.5 Å². The summed E-state index contributed by atoms with van der Waals surface area (Å²) in [6.07, 6.45) is 1.82. The van der Waals surface area contributed by atoms with Gasteiger partial charge in [-0.2, -0.15) is 15.7 Å². The summed E-state index contributed by atoms with van der Waals surface area (Å²) < 4.78 is 5.18. The molecule has 3 rings (SSSR count). The van der Waals surface area contributed by atoms with Crippen LogP contribution < -0.4 is 11.1 Å². The second-order valence-corrected chi connectivity index (χ2v) is 6.03. The monoisotopic (exact) mass is 303 g/mol. The fourth-order valence-electron chi connectivity index (χ4n) is 2.03. The van der Waals surface area contributed by atoms with Crippen molar-refractivity contribution in [1.82, 2.24) is 4.37 Å². The molecule has 0 aliphatic carbocycles. The Bertz CT molecular complexity index is 721. The summed E-state index contributed by atoms with van der Waals surface area (Å²) in [5.74, 6) is -0.381. The molecule has 1 amide bonds. The van der Waals surface area contributed by atoms with E-state index >= 15 is 0 Å². The van der Waals surface area contributed by atoms with E-state index < -0.39 is 0 Å². The van der Waals surface area contributed by atoms with Crippen molar-refractivity contribution in [2.75, 3.05) is 11.9 Å². The van der Waals surface area contributed by atoms with Crippen LogP contribution in [0.3, 0.4) is 0 Å². The molecule has 0 fully saturated rings. The van der Waals surface area contributed by atoms with Crippen molar-refractivity contribution in [3.63, 3.8) is 0 Å². The van der Waals surface area contributed by atoms with E-state index in [0.717, 1.165) is 21.3 Å². The lowest BCUT2D eigenvalue weighted by molar-refractivity contribution is -0.117. The fraction of sp³-hybridized carbons (Fsp3) is 0.143. The summed E-state index contributed by atoms with van der Waals surface area (Å²) in [5.41, 5.74) is 7.47. The summed E-state index contributed by atoms with van der Waals surface area (Å²) in [5, 5.41) is 7.93. The maximum Gasteiger partial charge on any atom is 0.233 e. The van der Waals surface area contributed by atoms with Gasteiger partial charge in [-0.05, 0) is 52.1 Å². The highest BCUT2D eigenvalue weighted by atomic mass is 32.1. The average Bonchev–Trinajstić information content (AvgIpc) is 3.09. The van der Waals surface area contributed by atoms with Gasteiger partial charge in [-0.3, -0.25) is 4.79 Å². The van der Waals surface area contributed by atoms with Gasteiger partial charge < -0.3 is 11.1 Å². The van der Waals surface area contributed by atoms with E-state index in [9.17, 15) is 4.79 Å². The molecule has 0 aliphatic rings. The van der Waals surface area contributed by atoms with Crippen molar-refractivity contribution in [2.24, 2.45) is 5.73 Å². The molecule has 0 saturated carbocycles. The number of fused-ring (bicyclic) bond motifs is 1. The molecule has 102 valence electrons. The number of nitrogens with two attached hydrogens (primary N) is 1. The lowest BCUT2D eigenvalue weighted by Crippen LogP contribution is -2.27. The normalized spacial score (nSPS) is 12.4. The molecule has 2 aromatic heterocycles. The topological polar surface area (TPSA) is 68.0 Å². The molecule has 2 heterocycles. The minimum absolute atomic E-state index is 0.0743. The minimum atomic E-state index is -0.307. The van der Waals surface area contributed by atoms with E-state index in [1.54, 1.807) is 11.3 Å². The van der Waals surface area contributed by atoms with Crippen molar-refractivity contribution < 1.29 is 4.79 Å².